The van der Waals surface area contributed by atoms with E-state index in [0.29, 0.717) is 25.2 Å². The van der Waals surface area contributed by atoms with Crippen LogP contribution in [0.2, 0.25) is 0 Å². The molecule has 0 aromatic rings. The summed E-state index contributed by atoms with van der Waals surface area (Å²) >= 11 is 0. The second-order valence-electron chi connectivity index (χ2n) is 16.8. The third-order valence-corrected chi connectivity index (χ3v) is 13.9. The van der Waals surface area contributed by atoms with Crippen LogP contribution in [0.1, 0.15) is 100 Å². The van der Waals surface area contributed by atoms with Gasteiger partial charge in [0.15, 0.2) is 6.29 Å². The summed E-state index contributed by atoms with van der Waals surface area (Å²) in [4.78, 5) is 0. The van der Waals surface area contributed by atoms with E-state index in [2.05, 4.69) is 67.5 Å². The van der Waals surface area contributed by atoms with Crippen LogP contribution in [-0.2, 0) is 9.47 Å². The number of fused-ring (bicyclic) bond motifs is 5. The van der Waals surface area contributed by atoms with Crippen LogP contribution in [0.25, 0.3) is 0 Å². The van der Waals surface area contributed by atoms with Crippen molar-refractivity contribution < 1.29 is 40.1 Å². The first-order chi connectivity index (χ1) is 20.4. The average Bonchev–Trinajstić information content (AvgIpc) is 3.32. The Labute approximate surface area is 264 Å². The Morgan fingerprint density at radius 3 is 2.18 bits per heavy atom. The van der Waals surface area contributed by atoms with Gasteiger partial charge in [-0.25, -0.2) is 0 Å². The monoisotopic (exact) mass is 620 g/mol. The molecule has 1 aliphatic heterocycles. The topological polar surface area (TPSA) is 140 Å². The van der Waals surface area contributed by atoms with Gasteiger partial charge in [-0.2, -0.15) is 0 Å². The number of aliphatic hydroxyl groups is 6. The molecule has 0 aromatic carbocycles. The molecular weight excluding hydrogens is 560 g/mol. The Hall–Kier alpha value is -0.840. The summed E-state index contributed by atoms with van der Waals surface area (Å²) in [6.45, 7) is 17.2. The van der Waals surface area contributed by atoms with Gasteiger partial charge >= 0.3 is 0 Å². The maximum atomic E-state index is 12.0. The lowest BCUT2D eigenvalue weighted by Crippen LogP contribution is -2.70. The molecule has 44 heavy (non-hydrogen) atoms. The predicted molar refractivity (Wildman–Crippen MR) is 168 cm³/mol. The summed E-state index contributed by atoms with van der Waals surface area (Å²) in [5, 5.41) is 65.2. The lowest BCUT2D eigenvalue weighted by atomic mass is 9.34. The number of hydrogen-bond acceptors (Lipinski definition) is 8. The number of hydrogen-bond donors (Lipinski definition) is 6. The van der Waals surface area contributed by atoms with E-state index in [0.717, 1.165) is 25.7 Å². The molecule has 252 valence electrons. The largest absolute Gasteiger partial charge is 0.394 e. The van der Waals surface area contributed by atoms with Crippen molar-refractivity contribution in [2.24, 2.45) is 45.3 Å². The molecule has 15 atom stereocenters. The SMILES string of the molecule is CC(C)=CC/C=C(/C)C1CC[C@]2(C)C1C(O)CC1[C@@]3(C)CC[C@H](O)C(C)(C)C3C(O[C@@H]3O[C@H](CO)[C@@H](O)[C@H](O)[C@H]3O)C[C@]12C. The summed E-state index contributed by atoms with van der Waals surface area (Å²) in [5.74, 6) is 0.506. The van der Waals surface area contributed by atoms with E-state index >= 15 is 0 Å². The highest BCUT2D eigenvalue weighted by atomic mass is 16.7. The maximum Gasteiger partial charge on any atom is 0.186 e. The molecule has 6 unspecified atom stereocenters. The van der Waals surface area contributed by atoms with E-state index < -0.39 is 61.0 Å². The van der Waals surface area contributed by atoms with Crippen molar-refractivity contribution in [2.75, 3.05) is 6.61 Å². The van der Waals surface area contributed by atoms with Gasteiger partial charge in [-0.15, -0.1) is 0 Å². The summed E-state index contributed by atoms with van der Waals surface area (Å²) in [7, 11) is 0. The van der Waals surface area contributed by atoms with Crippen LogP contribution < -0.4 is 0 Å². The van der Waals surface area contributed by atoms with Gasteiger partial charge in [0.2, 0.25) is 0 Å². The Morgan fingerprint density at radius 1 is 0.864 bits per heavy atom. The van der Waals surface area contributed by atoms with Crippen LogP contribution in [0, 0.1) is 45.3 Å². The van der Waals surface area contributed by atoms with Crippen LogP contribution >= 0.6 is 0 Å². The van der Waals surface area contributed by atoms with Gasteiger partial charge in [0.25, 0.3) is 0 Å². The quantitative estimate of drug-likeness (QED) is 0.193. The van der Waals surface area contributed by atoms with E-state index in [1.165, 1.54) is 11.1 Å². The van der Waals surface area contributed by atoms with E-state index in [4.69, 9.17) is 9.47 Å². The smallest absolute Gasteiger partial charge is 0.186 e. The third kappa shape index (κ3) is 5.18. The number of aliphatic hydroxyl groups excluding tert-OH is 6. The van der Waals surface area contributed by atoms with Crippen molar-refractivity contribution in [1.82, 2.24) is 0 Å². The molecule has 0 radical (unpaired) electrons. The Bertz CT molecular complexity index is 1110. The zero-order valence-electron chi connectivity index (χ0n) is 28.2. The van der Waals surface area contributed by atoms with Crippen molar-refractivity contribution in [3.63, 3.8) is 0 Å². The fraction of sp³-hybridized carbons (Fsp3) is 0.889. The molecule has 0 aromatic heterocycles. The highest BCUT2D eigenvalue weighted by Gasteiger charge is 2.72. The Kier molecular flexibility index (Phi) is 9.40. The van der Waals surface area contributed by atoms with Gasteiger partial charge in [0.1, 0.15) is 24.4 Å². The molecule has 5 fully saturated rings. The van der Waals surface area contributed by atoms with Crippen LogP contribution in [0.3, 0.4) is 0 Å². The van der Waals surface area contributed by atoms with Crippen LogP contribution in [0.15, 0.2) is 23.3 Å². The molecule has 1 heterocycles. The minimum Gasteiger partial charge on any atom is -0.394 e. The van der Waals surface area contributed by atoms with E-state index in [1.807, 2.05) is 0 Å². The van der Waals surface area contributed by atoms with Crippen molar-refractivity contribution in [3.05, 3.63) is 23.3 Å². The highest BCUT2D eigenvalue weighted by molar-refractivity contribution is 5.24. The first kappa shape index (κ1) is 34.5. The standard InChI is InChI=1S/C36H60O8/c1-19(2)10-9-11-20(3)21-12-15-35(7)27(21)22(38)16-25-34(6)14-13-26(39)33(4,5)31(34)23(17-36(25,35)8)43-32-30(42)29(41)28(40)24(18-37)44-32/h10-11,21-32,37-42H,9,12-18H2,1-8H3/b20-11-/t21?,22?,23?,24-,25?,26+,27?,28-,29+,30-,31?,32-,34-,35-,36-/m1/s1. The molecule has 1 saturated heterocycles. The van der Waals surface area contributed by atoms with Crippen LogP contribution in [-0.4, -0.2) is 86.3 Å². The minimum atomic E-state index is -1.52. The lowest BCUT2D eigenvalue weighted by molar-refractivity contribution is -0.346. The van der Waals surface area contributed by atoms with E-state index in [9.17, 15) is 30.6 Å². The third-order valence-electron chi connectivity index (χ3n) is 13.9. The van der Waals surface area contributed by atoms with Gasteiger partial charge in [-0.05, 0) is 111 Å². The predicted octanol–water partition coefficient (Wildman–Crippen LogP) is 4.10. The van der Waals surface area contributed by atoms with Crippen molar-refractivity contribution in [2.45, 2.75) is 149 Å². The average molecular weight is 621 g/mol. The molecule has 0 spiro atoms. The second-order valence-corrected chi connectivity index (χ2v) is 16.8. The molecule has 0 bridgehead atoms. The van der Waals surface area contributed by atoms with Crippen molar-refractivity contribution in [1.29, 1.82) is 0 Å². The number of allylic oxidation sites excluding steroid dienone is 4. The summed E-state index contributed by atoms with van der Waals surface area (Å²) in [6.07, 6.45) is 2.23. The molecular formula is C36H60O8. The Morgan fingerprint density at radius 2 is 1.55 bits per heavy atom. The molecule has 0 amide bonds. The van der Waals surface area contributed by atoms with Crippen LogP contribution in [0.4, 0.5) is 0 Å². The van der Waals surface area contributed by atoms with E-state index in [1.54, 1.807) is 0 Å². The van der Waals surface area contributed by atoms with Crippen molar-refractivity contribution in [3.8, 4) is 0 Å². The minimum absolute atomic E-state index is 0.112. The lowest BCUT2D eigenvalue weighted by Gasteiger charge is -2.72. The number of ether oxygens (including phenoxy) is 2. The van der Waals surface area contributed by atoms with Gasteiger partial charge in [-0.3, -0.25) is 0 Å². The molecule has 4 saturated carbocycles. The normalized spacial score (nSPS) is 52.1. The Balaban J connectivity index is 1.55. The maximum absolute atomic E-state index is 12.0. The van der Waals surface area contributed by atoms with Crippen LogP contribution in [0.5, 0.6) is 0 Å². The molecule has 8 heteroatoms. The highest BCUT2D eigenvalue weighted by Crippen LogP contribution is 2.76. The number of rotatable bonds is 6. The summed E-state index contributed by atoms with van der Waals surface area (Å²) in [6, 6.07) is 0. The summed E-state index contributed by atoms with van der Waals surface area (Å²) < 4.78 is 12.6. The molecule has 5 aliphatic rings. The first-order valence-corrected chi connectivity index (χ1v) is 17.1. The molecule has 6 N–H and O–H groups in total. The molecule has 4 aliphatic carbocycles. The zero-order chi connectivity index (χ0) is 32.6. The van der Waals surface area contributed by atoms with Gasteiger partial charge in [0.05, 0.1) is 24.9 Å². The van der Waals surface area contributed by atoms with E-state index in [-0.39, 0.29) is 34.0 Å². The second kappa shape index (κ2) is 12.0. The zero-order valence-corrected chi connectivity index (χ0v) is 28.2. The van der Waals surface area contributed by atoms with Gasteiger partial charge < -0.3 is 40.1 Å². The first-order valence-electron chi connectivity index (χ1n) is 17.1. The summed E-state index contributed by atoms with van der Waals surface area (Å²) in [5.41, 5.74) is 1.49. The van der Waals surface area contributed by atoms with Gasteiger partial charge in [0, 0.05) is 0 Å². The molecule has 8 nitrogen and oxygen atoms in total. The fourth-order valence-electron chi connectivity index (χ4n) is 11.5. The molecule has 5 rings (SSSR count). The fourth-order valence-corrected chi connectivity index (χ4v) is 11.5. The van der Waals surface area contributed by atoms with Gasteiger partial charge in [-0.1, -0.05) is 57.9 Å². The van der Waals surface area contributed by atoms with Crippen molar-refractivity contribution >= 4 is 0 Å².